The molecule has 0 amide bonds. The zero-order valence-corrected chi connectivity index (χ0v) is 15.6. The van der Waals surface area contributed by atoms with Gasteiger partial charge in [0.15, 0.2) is 0 Å². The fourth-order valence-corrected chi connectivity index (χ4v) is 3.90. The molecule has 1 aromatic rings. The molecule has 1 aliphatic heterocycles. The number of aromatic nitrogens is 1. The smallest absolute Gasteiger partial charge is 0.128 e. The first kappa shape index (κ1) is 17.5. The largest absolute Gasteiger partial charge is 0.383 e. The van der Waals surface area contributed by atoms with E-state index in [1.807, 2.05) is 0 Å². The standard InChI is InChI=1S/C20H34N4/c1-15-18(22-14-16-4-6-17(21)7-5-16)8-9-19(23-15)24-12-10-20(2,3)11-13-24/h8-9,16-17,22H,4-7,10-14,21H2,1-3H3. The Morgan fingerprint density at radius 2 is 1.83 bits per heavy atom. The van der Waals surface area contributed by atoms with Crippen molar-refractivity contribution in [1.29, 1.82) is 0 Å². The zero-order chi connectivity index (χ0) is 17.2. The number of nitrogens with two attached hydrogens (primary N) is 1. The van der Waals surface area contributed by atoms with Crippen LogP contribution < -0.4 is 16.0 Å². The molecule has 24 heavy (non-hydrogen) atoms. The lowest BCUT2D eigenvalue weighted by Crippen LogP contribution is -2.37. The van der Waals surface area contributed by atoms with Gasteiger partial charge in [0, 0.05) is 25.7 Å². The summed E-state index contributed by atoms with van der Waals surface area (Å²) >= 11 is 0. The van der Waals surface area contributed by atoms with Crippen molar-refractivity contribution in [3.63, 3.8) is 0 Å². The SMILES string of the molecule is Cc1nc(N2CCC(C)(C)CC2)ccc1NCC1CCC(N)CC1. The minimum absolute atomic E-state index is 0.429. The fraction of sp³-hybridized carbons (Fsp3) is 0.750. The molecule has 2 aliphatic rings. The lowest BCUT2D eigenvalue weighted by atomic mass is 9.83. The van der Waals surface area contributed by atoms with E-state index in [4.69, 9.17) is 10.7 Å². The molecule has 0 spiro atoms. The Kier molecular flexibility index (Phi) is 5.33. The summed E-state index contributed by atoms with van der Waals surface area (Å²) in [6.45, 7) is 10.1. The van der Waals surface area contributed by atoms with Gasteiger partial charge < -0.3 is 16.0 Å². The first-order chi connectivity index (χ1) is 11.4. The Hall–Kier alpha value is -1.29. The number of hydrogen-bond acceptors (Lipinski definition) is 4. The number of pyridine rings is 1. The lowest BCUT2D eigenvalue weighted by Gasteiger charge is -2.37. The van der Waals surface area contributed by atoms with Crippen molar-refractivity contribution in [2.24, 2.45) is 17.1 Å². The highest BCUT2D eigenvalue weighted by Gasteiger charge is 2.26. The van der Waals surface area contributed by atoms with Gasteiger partial charge in [0.05, 0.1) is 11.4 Å². The van der Waals surface area contributed by atoms with Gasteiger partial charge in [0.1, 0.15) is 5.82 Å². The van der Waals surface area contributed by atoms with Gasteiger partial charge in [-0.25, -0.2) is 4.98 Å². The van der Waals surface area contributed by atoms with Crippen LogP contribution in [0.15, 0.2) is 12.1 Å². The van der Waals surface area contributed by atoms with Crippen LogP contribution in [0.1, 0.15) is 58.1 Å². The van der Waals surface area contributed by atoms with Crippen LogP contribution in [0, 0.1) is 18.3 Å². The molecule has 1 aromatic heterocycles. The predicted octanol–water partition coefficient (Wildman–Crippen LogP) is 3.95. The van der Waals surface area contributed by atoms with Gasteiger partial charge in [-0.05, 0) is 68.9 Å². The number of nitrogens with one attached hydrogen (secondary N) is 1. The number of aryl methyl sites for hydroxylation is 1. The second-order valence-corrected chi connectivity index (χ2v) is 8.62. The topological polar surface area (TPSA) is 54.2 Å². The van der Waals surface area contributed by atoms with Crippen molar-refractivity contribution < 1.29 is 0 Å². The third-order valence-corrected chi connectivity index (χ3v) is 5.98. The summed E-state index contributed by atoms with van der Waals surface area (Å²) in [6.07, 6.45) is 7.35. The third kappa shape index (κ3) is 4.41. The van der Waals surface area contributed by atoms with Gasteiger partial charge in [0.2, 0.25) is 0 Å². The van der Waals surface area contributed by atoms with Crippen LogP contribution in [0.2, 0.25) is 0 Å². The number of piperidine rings is 1. The maximum Gasteiger partial charge on any atom is 0.128 e. The first-order valence-corrected chi connectivity index (χ1v) is 9.65. The van der Waals surface area contributed by atoms with Crippen LogP contribution in [0.4, 0.5) is 11.5 Å². The highest BCUT2D eigenvalue weighted by Crippen LogP contribution is 2.32. The van der Waals surface area contributed by atoms with Gasteiger partial charge in [-0.1, -0.05) is 13.8 Å². The molecule has 0 aromatic carbocycles. The van der Waals surface area contributed by atoms with Gasteiger partial charge in [-0.2, -0.15) is 0 Å². The average molecular weight is 331 g/mol. The summed E-state index contributed by atoms with van der Waals surface area (Å²) in [6, 6.07) is 4.83. The molecule has 3 N–H and O–H groups in total. The monoisotopic (exact) mass is 330 g/mol. The molecule has 2 heterocycles. The highest BCUT2D eigenvalue weighted by atomic mass is 15.2. The van der Waals surface area contributed by atoms with Gasteiger partial charge in [-0.15, -0.1) is 0 Å². The van der Waals surface area contributed by atoms with E-state index in [2.05, 4.69) is 43.1 Å². The molecule has 1 saturated heterocycles. The van der Waals surface area contributed by atoms with Crippen molar-refractivity contribution in [1.82, 2.24) is 4.98 Å². The van der Waals surface area contributed by atoms with Gasteiger partial charge >= 0.3 is 0 Å². The molecule has 4 nitrogen and oxygen atoms in total. The summed E-state index contributed by atoms with van der Waals surface area (Å²) in [5, 5.41) is 3.62. The maximum absolute atomic E-state index is 6.00. The summed E-state index contributed by atoms with van der Waals surface area (Å²) < 4.78 is 0. The summed E-state index contributed by atoms with van der Waals surface area (Å²) in [4.78, 5) is 7.30. The molecule has 134 valence electrons. The van der Waals surface area contributed by atoms with Crippen LogP contribution in [-0.2, 0) is 0 Å². The van der Waals surface area contributed by atoms with E-state index in [9.17, 15) is 0 Å². The molecule has 2 fully saturated rings. The van der Waals surface area contributed by atoms with Crippen molar-refractivity contribution in [3.8, 4) is 0 Å². The number of nitrogens with zero attached hydrogens (tertiary/aromatic N) is 2. The van der Waals surface area contributed by atoms with Crippen LogP contribution in [0.5, 0.6) is 0 Å². The Bertz CT molecular complexity index is 537. The van der Waals surface area contributed by atoms with E-state index in [0.717, 1.165) is 37.1 Å². The summed E-state index contributed by atoms with van der Waals surface area (Å²) in [7, 11) is 0. The molecule has 0 radical (unpaired) electrons. The summed E-state index contributed by atoms with van der Waals surface area (Å²) in [5.74, 6) is 1.89. The van der Waals surface area contributed by atoms with E-state index in [-0.39, 0.29) is 0 Å². The molecular formula is C20H34N4. The van der Waals surface area contributed by atoms with Crippen LogP contribution in [-0.4, -0.2) is 30.7 Å². The van der Waals surface area contributed by atoms with Crippen molar-refractivity contribution in [3.05, 3.63) is 17.8 Å². The van der Waals surface area contributed by atoms with E-state index in [1.54, 1.807) is 0 Å². The molecule has 0 bridgehead atoms. The van der Waals surface area contributed by atoms with Crippen molar-refractivity contribution in [2.75, 3.05) is 29.9 Å². The Morgan fingerprint density at radius 3 is 2.46 bits per heavy atom. The number of rotatable bonds is 4. The molecule has 0 atom stereocenters. The van der Waals surface area contributed by atoms with Crippen LogP contribution >= 0.6 is 0 Å². The van der Waals surface area contributed by atoms with Gasteiger partial charge in [0.25, 0.3) is 0 Å². The predicted molar refractivity (Wildman–Crippen MR) is 103 cm³/mol. The quantitative estimate of drug-likeness (QED) is 0.878. The van der Waals surface area contributed by atoms with Crippen LogP contribution in [0.25, 0.3) is 0 Å². The Morgan fingerprint density at radius 1 is 1.17 bits per heavy atom. The maximum atomic E-state index is 6.00. The van der Waals surface area contributed by atoms with E-state index < -0.39 is 0 Å². The molecule has 1 aliphatic carbocycles. The van der Waals surface area contributed by atoms with Crippen molar-refractivity contribution >= 4 is 11.5 Å². The van der Waals surface area contributed by atoms with E-state index in [0.29, 0.717) is 11.5 Å². The minimum atomic E-state index is 0.429. The second kappa shape index (κ2) is 7.30. The highest BCUT2D eigenvalue weighted by molar-refractivity contribution is 5.53. The second-order valence-electron chi connectivity index (χ2n) is 8.62. The average Bonchev–Trinajstić information content (AvgIpc) is 2.55. The number of hydrogen-bond donors (Lipinski definition) is 2. The van der Waals surface area contributed by atoms with E-state index in [1.165, 1.54) is 44.2 Å². The number of anilines is 2. The van der Waals surface area contributed by atoms with Crippen LogP contribution in [0.3, 0.4) is 0 Å². The lowest BCUT2D eigenvalue weighted by molar-refractivity contribution is 0.279. The normalized spacial score (nSPS) is 27.1. The molecule has 4 heteroatoms. The van der Waals surface area contributed by atoms with E-state index >= 15 is 0 Å². The zero-order valence-electron chi connectivity index (χ0n) is 15.6. The summed E-state index contributed by atoms with van der Waals surface area (Å²) in [5.41, 5.74) is 8.78. The molecule has 0 unspecified atom stereocenters. The molecule has 3 rings (SSSR count). The third-order valence-electron chi connectivity index (χ3n) is 5.98. The Balaban J connectivity index is 1.55. The van der Waals surface area contributed by atoms with Crippen molar-refractivity contribution in [2.45, 2.75) is 65.3 Å². The fourth-order valence-electron chi connectivity index (χ4n) is 3.90. The molecular weight excluding hydrogens is 296 g/mol. The van der Waals surface area contributed by atoms with Gasteiger partial charge in [-0.3, -0.25) is 0 Å². The first-order valence-electron chi connectivity index (χ1n) is 9.65. The molecule has 1 saturated carbocycles. The minimum Gasteiger partial charge on any atom is -0.383 e. The Labute approximate surface area is 147 Å².